The molecule has 0 aliphatic rings. The third-order valence-electron chi connectivity index (χ3n) is 3.42. The molecular formula is C16H22FN3O. The number of aromatic nitrogens is 2. The summed E-state index contributed by atoms with van der Waals surface area (Å²) in [7, 11) is 0. The fourth-order valence-electron chi connectivity index (χ4n) is 2.09. The molecular weight excluding hydrogens is 269 g/mol. The zero-order valence-electron chi connectivity index (χ0n) is 12.8. The van der Waals surface area contributed by atoms with E-state index in [0.717, 1.165) is 31.4 Å². The molecule has 1 N–H and O–H groups in total. The maximum absolute atomic E-state index is 13.3. The Labute approximate surface area is 124 Å². The Bertz CT molecular complexity index is 583. The standard InChI is InChI=1S/C16H22FN3O/c1-4-9-18-12(3)5-8-15-19-16(20-21-15)13-6-7-14(17)11(2)10-13/h6-7,10,12,18H,4-5,8-9H2,1-3H3. The van der Waals surface area contributed by atoms with Gasteiger partial charge in [-0.05, 0) is 57.0 Å². The summed E-state index contributed by atoms with van der Waals surface area (Å²) in [6, 6.07) is 5.25. The molecule has 1 aromatic heterocycles. The molecule has 1 heterocycles. The molecule has 0 saturated heterocycles. The molecule has 2 aromatic rings. The van der Waals surface area contributed by atoms with Crippen molar-refractivity contribution in [2.75, 3.05) is 6.54 Å². The summed E-state index contributed by atoms with van der Waals surface area (Å²) in [5.74, 6) is 0.915. The minimum atomic E-state index is -0.224. The first kappa shape index (κ1) is 15.6. The van der Waals surface area contributed by atoms with Gasteiger partial charge >= 0.3 is 0 Å². The van der Waals surface area contributed by atoms with Crippen LogP contribution in [0.2, 0.25) is 0 Å². The number of nitrogens with one attached hydrogen (secondary N) is 1. The summed E-state index contributed by atoms with van der Waals surface area (Å²) < 4.78 is 18.5. The van der Waals surface area contributed by atoms with Gasteiger partial charge in [-0.2, -0.15) is 4.98 Å². The molecule has 0 aliphatic heterocycles. The van der Waals surface area contributed by atoms with E-state index in [1.807, 2.05) is 0 Å². The molecule has 0 aliphatic carbocycles. The molecule has 1 atom stereocenters. The first-order valence-electron chi connectivity index (χ1n) is 7.42. The molecule has 1 aromatic carbocycles. The van der Waals surface area contributed by atoms with Crippen LogP contribution in [-0.4, -0.2) is 22.7 Å². The van der Waals surface area contributed by atoms with Crippen LogP contribution in [0.5, 0.6) is 0 Å². The zero-order valence-corrected chi connectivity index (χ0v) is 12.8. The van der Waals surface area contributed by atoms with Gasteiger partial charge < -0.3 is 9.84 Å². The van der Waals surface area contributed by atoms with Crippen molar-refractivity contribution in [1.29, 1.82) is 0 Å². The SMILES string of the molecule is CCCNC(C)CCc1nc(-c2ccc(F)c(C)c2)no1. The summed E-state index contributed by atoms with van der Waals surface area (Å²) in [5.41, 5.74) is 1.36. The van der Waals surface area contributed by atoms with Crippen LogP contribution in [0.1, 0.15) is 38.1 Å². The van der Waals surface area contributed by atoms with Gasteiger partial charge in [0.15, 0.2) is 0 Å². The lowest BCUT2D eigenvalue weighted by atomic mass is 10.1. The van der Waals surface area contributed by atoms with Gasteiger partial charge in [-0.25, -0.2) is 4.39 Å². The Morgan fingerprint density at radius 1 is 1.38 bits per heavy atom. The van der Waals surface area contributed by atoms with Crippen molar-refractivity contribution in [2.45, 2.75) is 46.1 Å². The van der Waals surface area contributed by atoms with Crippen molar-refractivity contribution in [1.82, 2.24) is 15.5 Å². The molecule has 0 saturated carbocycles. The third kappa shape index (κ3) is 4.36. The Hall–Kier alpha value is -1.75. The van der Waals surface area contributed by atoms with E-state index < -0.39 is 0 Å². The predicted molar refractivity (Wildman–Crippen MR) is 80.5 cm³/mol. The Kier molecular flexibility index (Phi) is 5.44. The van der Waals surface area contributed by atoms with Gasteiger partial charge in [0.2, 0.25) is 11.7 Å². The summed E-state index contributed by atoms with van der Waals surface area (Å²) >= 11 is 0. The summed E-state index contributed by atoms with van der Waals surface area (Å²) in [5, 5.41) is 7.39. The highest BCUT2D eigenvalue weighted by atomic mass is 19.1. The van der Waals surface area contributed by atoms with Gasteiger partial charge in [-0.3, -0.25) is 0 Å². The molecule has 0 fully saturated rings. The van der Waals surface area contributed by atoms with E-state index in [2.05, 4.69) is 29.3 Å². The number of hydrogen-bond acceptors (Lipinski definition) is 4. The fourth-order valence-corrected chi connectivity index (χ4v) is 2.09. The van der Waals surface area contributed by atoms with Gasteiger partial charge in [-0.15, -0.1) is 0 Å². The number of benzene rings is 1. The minimum Gasteiger partial charge on any atom is -0.339 e. The monoisotopic (exact) mass is 291 g/mol. The molecule has 0 bridgehead atoms. The second-order valence-corrected chi connectivity index (χ2v) is 5.37. The molecule has 1 unspecified atom stereocenters. The molecule has 0 spiro atoms. The first-order valence-corrected chi connectivity index (χ1v) is 7.42. The van der Waals surface area contributed by atoms with Crippen LogP contribution in [0.25, 0.3) is 11.4 Å². The average Bonchev–Trinajstić information content (AvgIpc) is 2.94. The van der Waals surface area contributed by atoms with Gasteiger partial charge in [0.1, 0.15) is 5.82 Å². The molecule has 5 heteroatoms. The second kappa shape index (κ2) is 7.31. The lowest BCUT2D eigenvalue weighted by molar-refractivity contribution is 0.367. The van der Waals surface area contributed by atoms with Gasteiger partial charge in [-0.1, -0.05) is 12.1 Å². The van der Waals surface area contributed by atoms with Crippen LogP contribution in [-0.2, 0) is 6.42 Å². The van der Waals surface area contributed by atoms with Crippen molar-refractivity contribution >= 4 is 0 Å². The maximum atomic E-state index is 13.3. The van der Waals surface area contributed by atoms with E-state index in [1.54, 1.807) is 19.1 Å². The summed E-state index contributed by atoms with van der Waals surface area (Å²) in [6.07, 6.45) is 2.81. The summed E-state index contributed by atoms with van der Waals surface area (Å²) in [6.45, 7) is 7.04. The highest BCUT2D eigenvalue weighted by molar-refractivity contribution is 5.55. The van der Waals surface area contributed by atoms with E-state index in [9.17, 15) is 4.39 Å². The van der Waals surface area contributed by atoms with Crippen molar-refractivity contribution in [2.24, 2.45) is 0 Å². The van der Waals surface area contributed by atoms with Crippen LogP contribution in [0.15, 0.2) is 22.7 Å². The van der Waals surface area contributed by atoms with Crippen LogP contribution in [0, 0.1) is 12.7 Å². The predicted octanol–water partition coefficient (Wildman–Crippen LogP) is 3.50. The lowest BCUT2D eigenvalue weighted by Gasteiger charge is -2.10. The molecule has 0 amide bonds. The topological polar surface area (TPSA) is 51.0 Å². The number of halogens is 1. The van der Waals surface area contributed by atoms with Crippen LogP contribution in [0.3, 0.4) is 0 Å². The number of rotatable bonds is 7. The zero-order chi connectivity index (χ0) is 15.2. The highest BCUT2D eigenvalue weighted by Gasteiger charge is 2.11. The van der Waals surface area contributed by atoms with E-state index >= 15 is 0 Å². The van der Waals surface area contributed by atoms with Crippen molar-refractivity contribution in [3.05, 3.63) is 35.5 Å². The Morgan fingerprint density at radius 3 is 2.90 bits per heavy atom. The first-order chi connectivity index (χ1) is 10.1. The van der Waals surface area contributed by atoms with E-state index in [-0.39, 0.29) is 5.82 Å². The molecule has 21 heavy (non-hydrogen) atoms. The molecule has 4 nitrogen and oxygen atoms in total. The largest absolute Gasteiger partial charge is 0.339 e. The van der Waals surface area contributed by atoms with Crippen LogP contribution in [0.4, 0.5) is 4.39 Å². The summed E-state index contributed by atoms with van der Waals surface area (Å²) in [4.78, 5) is 4.38. The van der Waals surface area contributed by atoms with Gasteiger partial charge in [0.05, 0.1) is 0 Å². The normalized spacial score (nSPS) is 12.6. The smallest absolute Gasteiger partial charge is 0.227 e. The molecule has 2 rings (SSSR count). The van der Waals surface area contributed by atoms with Crippen molar-refractivity contribution < 1.29 is 8.91 Å². The van der Waals surface area contributed by atoms with E-state index in [0.29, 0.717) is 23.3 Å². The molecule has 114 valence electrons. The number of aryl methyl sites for hydroxylation is 2. The van der Waals surface area contributed by atoms with Gasteiger partial charge in [0, 0.05) is 18.0 Å². The van der Waals surface area contributed by atoms with Crippen molar-refractivity contribution in [3.63, 3.8) is 0 Å². The number of nitrogens with zero attached hydrogens (tertiary/aromatic N) is 2. The number of hydrogen-bond donors (Lipinski definition) is 1. The van der Waals surface area contributed by atoms with Crippen LogP contribution < -0.4 is 5.32 Å². The quantitative estimate of drug-likeness (QED) is 0.848. The van der Waals surface area contributed by atoms with E-state index in [4.69, 9.17) is 4.52 Å². The fraction of sp³-hybridized carbons (Fsp3) is 0.500. The second-order valence-electron chi connectivity index (χ2n) is 5.37. The highest BCUT2D eigenvalue weighted by Crippen LogP contribution is 2.19. The third-order valence-corrected chi connectivity index (χ3v) is 3.42. The average molecular weight is 291 g/mol. The van der Waals surface area contributed by atoms with Crippen molar-refractivity contribution in [3.8, 4) is 11.4 Å². The molecule has 0 radical (unpaired) electrons. The lowest BCUT2D eigenvalue weighted by Crippen LogP contribution is -2.27. The Morgan fingerprint density at radius 2 is 2.19 bits per heavy atom. The maximum Gasteiger partial charge on any atom is 0.227 e. The van der Waals surface area contributed by atoms with E-state index in [1.165, 1.54) is 6.07 Å². The van der Waals surface area contributed by atoms with Gasteiger partial charge in [0.25, 0.3) is 0 Å². The van der Waals surface area contributed by atoms with Crippen LogP contribution >= 0.6 is 0 Å². The Balaban J connectivity index is 1.96. The minimum absolute atomic E-state index is 0.224.